The first-order valence-electron chi connectivity index (χ1n) is 5.63. The third kappa shape index (κ3) is 6.48. The van der Waals surface area contributed by atoms with Crippen LogP contribution in [0.3, 0.4) is 0 Å². The number of aliphatic hydroxyl groups excluding tert-OH is 1. The highest BCUT2D eigenvalue weighted by atomic mass is 19.3. The van der Waals surface area contributed by atoms with E-state index in [1.165, 1.54) is 0 Å². The number of halogens is 2. The second-order valence-electron chi connectivity index (χ2n) is 4.89. The van der Waals surface area contributed by atoms with Gasteiger partial charge < -0.3 is 15.3 Å². The molecule has 0 aromatic carbocycles. The summed E-state index contributed by atoms with van der Waals surface area (Å²) in [6.07, 6.45) is -2.67. The van der Waals surface area contributed by atoms with Crippen LogP contribution in [-0.2, 0) is 9.59 Å². The number of amides is 2. The molecular weight excluding hydrogens is 246 g/mol. The van der Waals surface area contributed by atoms with Crippen LogP contribution in [0.15, 0.2) is 0 Å². The summed E-state index contributed by atoms with van der Waals surface area (Å²) in [5.74, 6) is -0.973. The van der Waals surface area contributed by atoms with E-state index in [1.807, 2.05) is 0 Å². The number of alkyl halides is 2. The van der Waals surface area contributed by atoms with Gasteiger partial charge in [0.15, 0.2) is 0 Å². The fraction of sp³-hybridized carbons (Fsp3) is 0.818. The Kier molecular flexibility index (Phi) is 6.75. The largest absolute Gasteiger partial charge is 0.395 e. The monoisotopic (exact) mass is 266 g/mol. The van der Waals surface area contributed by atoms with Crippen LogP contribution in [0.25, 0.3) is 0 Å². The van der Waals surface area contributed by atoms with Crippen molar-refractivity contribution < 1.29 is 23.5 Å². The molecule has 5 nitrogen and oxygen atoms in total. The second kappa shape index (κ2) is 7.25. The average Bonchev–Trinajstić information content (AvgIpc) is 2.22. The van der Waals surface area contributed by atoms with Crippen molar-refractivity contribution in [3.05, 3.63) is 0 Å². The molecule has 0 heterocycles. The topological polar surface area (TPSA) is 69.6 Å². The molecule has 0 saturated carbocycles. The molecule has 18 heavy (non-hydrogen) atoms. The van der Waals surface area contributed by atoms with E-state index in [0.29, 0.717) is 0 Å². The Morgan fingerprint density at radius 1 is 1.33 bits per heavy atom. The summed E-state index contributed by atoms with van der Waals surface area (Å²) in [4.78, 5) is 23.9. The van der Waals surface area contributed by atoms with E-state index in [2.05, 4.69) is 5.32 Å². The minimum atomic E-state index is -2.67. The van der Waals surface area contributed by atoms with Crippen LogP contribution in [0, 0.1) is 5.41 Å². The standard InChI is InChI=1S/C11H20F2N2O3/c1-11(2,3)10(18)14-6-9(17)15(4-5-16)7-8(12)13/h8,16H,4-7H2,1-3H3,(H,14,18). The summed E-state index contributed by atoms with van der Waals surface area (Å²) in [5.41, 5.74) is -0.648. The van der Waals surface area contributed by atoms with Crippen LogP contribution < -0.4 is 5.32 Å². The van der Waals surface area contributed by atoms with E-state index in [-0.39, 0.29) is 19.0 Å². The van der Waals surface area contributed by atoms with E-state index in [1.54, 1.807) is 20.8 Å². The Morgan fingerprint density at radius 2 is 1.89 bits per heavy atom. The summed E-state index contributed by atoms with van der Waals surface area (Å²) in [6, 6.07) is 0. The predicted octanol–water partition coefficient (Wildman–Crippen LogP) is 0.235. The van der Waals surface area contributed by atoms with Gasteiger partial charge in [0.1, 0.15) is 0 Å². The smallest absolute Gasteiger partial charge is 0.255 e. The predicted molar refractivity (Wildman–Crippen MR) is 62.1 cm³/mol. The molecule has 7 heteroatoms. The van der Waals surface area contributed by atoms with Crippen molar-refractivity contribution in [2.45, 2.75) is 27.2 Å². The number of hydrogen-bond acceptors (Lipinski definition) is 3. The maximum Gasteiger partial charge on any atom is 0.255 e. The van der Waals surface area contributed by atoms with Gasteiger partial charge in [-0.05, 0) is 0 Å². The SMILES string of the molecule is CC(C)(C)C(=O)NCC(=O)N(CCO)CC(F)F. The number of aliphatic hydroxyl groups is 1. The highest BCUT2D eigenvalue weighted by Gasteiger charge is 2.23. The quantitative estimate of drug-likeness (QED) is 0.723. The molecule has 2 N–H and O–H groups in total. The van der Waals surface area contributed by atoms with Gasteiger partial charge in [0.05, 0.1) is 19.7 Å². The normalized spacial score (nSPS) is 11.5. The molecule has 0 bridgehead atoms. The van der Waals surface area contributed by atoms with Crippen molar-refractivity contribution in [1.29, 1.82) is 0 Å². The highest BCUT2D eigenvalue weighted by molar-refractivity contribution is 5.87. The summed E-state index contributed by atoms with van der Waals surface area (Å²) in [5, 5.41) is 11.1. The lowest BCUT2D eigenvalue weighted by Crippen LogP contribution is -2.45. The molecule has 0 radical (unpaired) electrons. The molecule has 0 aromatic heterocycles. The highest BCUT2D eigenvalue weighted by Crippen LogP contribution is 2.12. The van der Waals surface area contributed by atoms with Crippen LogP contribution in [0.5, 0.6) is 0 Å². The fourth-order valence-electron chi connectivity index (χ4n) is 1.14. The van der Waals surface area contributed by atoms with Crippen molar-refractivity contribution in [3.8, 4) is 0 Å². The number of carbonyl (C=O) groups is 2. The van der Waals surface area contributed by atoms with Crippen LogP contribution >= 0.6 is 0 Å². The minimum Gasteiger partial charge on any atom is -0.395 e. The molecule has 0 fully saturated rings. The third-order valence-electron chi connectivity index (χ3n) is 2.16. The first-order valence-corrected chi connectivity index (χ1v) is 5.63. The van der Waals surface area contributed by atoms with Gasteiger partial charge in [0.25, 0.3) is 6.43 Å². The molecule has 0 aliphatic heterocycles. The Labute approximate surface area is 105 Å². The van der Waals surface area contributed by atoms with E-state index < -0.39 is 30.9 Å². The zero-order chi connectivity index (χ0) is 14.3. The Bertz CT molecular complexity index is 291. The van der Waals surface area contributed by atoms with Crippen LogP contribution in [0.2, 0.25) is 0 Å². The lowest BCUT2D eigenvalue weighted by atomic mass is 9.96. The van der Waals surface area contributed by atoms with E-state index in [4.69, 9.17) is 5.11 Å². The van der Waals surface area contributed by atoms with Crippen molar-refractivity contribution in [2.75, 3.05) is 26.2 Å². The van der Waals surface area contributed by atoms with Crippen LogP contribution in [0.4, 0.5) is 8.78 Å². The van der Waals surface area contributed by atoms with Crippen molar-refractivity contribution in [2.24, 2.45) is 5.41 Å². The van der Waals surface area contributed by atoms with E-state index in [0.717, 1.165) is 4.90 Å². The molecule has 0 unspecified atom stereocenters. The molecule has 106 valence electrons. The molecular formula is C11H20F2N2O3. The van der Waals surface area contributed by atoms with Gasteiger partial charge in [-0.2, -0.15) is 0 Å². The molecule has 0 saturated heterocycles. The van der Waals surface area contributed by atoms with Gasteiger partial charge >= 0.3 is 0 Å². The molecule has 0 spiro atoms. The van der Waals surface area contributed by atoms with E-state index >= 15 is 0 Å². The lowest BCUT2D eigenvalue weighted by Gasteiger charge is -2.23. The third-order valence-corrected chi connectivity index (χ3v) is 2.16. The van der Waals surface area contributed by atoms with Gasteiger partial charge in [0, 0.05) is 12.0 Å². The first-order chi connectivity index (χ1) is 8.18. The number of nitrogens with zero attached hydrogens (tertiary/aromatic N) is 1. The molecule has 0 rings (SSSR count). The van der Waals surface area contributed by atoms with Gasteiger partial charge in [-0.1, -0.05) is 20.8 Å². The van der Waals surface area contributed by atoms with E-state index in [9.17, 15) is 18.4 Å². The summed E-state index contributed by atoms with van der Waals surface area (Å²) < 4.78 is 24.4. The molecule has 0 aromatic rings. The summed E-state index contributed by atoms with van der Waals surface area (Å²) in [7, 11) is 0. The molecule has 0 aliphatic carbocycles. The Morgan fingerprint density at radius 3 is 2.28 bits per heavy atom. The van der Waals surface area contributed by atoms with Gasteiger partial charge in [-0.15, -0.1) is 0 Å². The maximum atomic E-state index is 12.2. The number of rotatable bonds is 6. The van der Waals surface area contributed by atoms with Gasteiger partial charge in [0.2, 0.25) is 11.8 Å². The second-order valence-corrected chi connectivity index (χ2v) is 4.89. The van der Waals surface area contributed by atoms with Crippen molar-refractivity contribution in [3.63, 3.8) is 0 Å². The number of nitrogens with one attached hydrogen (secondary N) is 1. The van der Waals surface area contributed by atoms with Crippen LogP contribution in [0.1, 0.15) is 20.8 Å². The summed E-state index contributed by atoms with van der Waals surface area (Å²) in [6.45, 7) is 3.38. The summed E-state index contributed by atoms with van der Waals surface area (Å²) >= 11 is 0. The van der Waals surface area contributed by atoms with Gasteiger partial charge in [-0.25, -0.2) is 8.78 Å². The Hall–Kier alpha value is -1.24. The zero-order valence-electron chi connectivity index (χ0n) is 10.9. The first kappa shape index (κ1) is 16.8. The Balaban J connectivity index is 4.30. The van der Waals surface area contributed by atoms with Crippen molar-refractivity contribution >= 4 is 11.8 Å². The minimum absolute atomic E-state index is 0.172. The lowest BCUT2D eigenvalue weighted by molar-refractivity contribution is -0.136. The molecule has 2 amide bonds. The van der Waals surface area contributed by atoms with Gasteiger partial charge in [-0.3, -0.25) is 9.59 Å². The molecule has 0 aliphatic rings. The number of carbonyl (C=O) groups excluding carboxylic acids is 2. The van der Waals surface area contributed by atoms with Crippen molar-refractivity contribution in [1.82, 2.24) is 10.2 Å². The number of hydrogen-bond donors (Lipinski definition) is 2. The fourth-order valence-corrected chi connectivity index (χ4v) is 1.14. The molecule has 0 atom stereocenters. The van der Waals surface area contributed by atoms with Crippen LogP contribution in [-0.4, -0.2) is 54.5 Å². The zero-order valence-corrected chi connectivity index (χ0v) is 10.9. The average molecular weight is 266 g/mol. The maximum absolute atomic E-state index is 12.2.